The van der Waals surface area contributed by atoms with Crippen LogP contribution in [0.4, 0.5) is 0 Å². The van der Waals surface area contributed by atoms with Crippen LogP contribution < -0.4 is 4.74 Å². The number of amides is 2. The Kier molecular flexibility index (Phi) is 6.87. The SMILES string of the molecule is CCC(=O)N(CC(=O)N1CCc2sccc2[C@H]1COc1ccc(Cl)c(C)c1)CC1CC1. The van der Waals surface area contributed by atoms with Crippen LogP contribution in [0.15, 0.2) is 29.6 Å². The number of nitrogens with zero attached hydrogens (tertiary/aromatic N) is 2. The van der Waals surface area contributed by atoms with Crippen molar-refractivity contribution >= 4 is 34.8 Å². The topological polar surface area (TPSA) is 49.9 Å². The third kappa shape index (κ3) is 5.24. The van der Waals surface area contributed by atoms with Gasteiger partial charge in [0.2, 0.25) is 11.8 Å². The Morgan fingerprint density at radius 3 is 2.81 bits per heavy atom. The van der Waals surface area contributed by atoms with E-state index in [0.717, 1.165) is 36.1 Å². The largest absolute Gasteiger partial charge is 0.491 e. The lowest BCUT2D eigenvalue weighted by Gasteiger charge is -2.37. The minimum Gasteiger partial charge on any atom is -0.491 e. The van der Waals surface area contributed by atoms with Crippen LogP contribution in [0.5, 0.6) is 5.75 Å². The number of carbonyl (C=O) groups is 2. The van der Waals surface area contributed by atoms with Crippen LogP contribution >= 0.6 is 22.9 Å². The van der Waals surface area contributed by atoms with Gasteiger partial charge in [0.15, 0.2) is 0 Å². The van der Waals surface area contributed by atoms with Crippen molar-refractivity contribution in [3.05, 3.63) is 50.7 Å². The number of benzene rings is 1. The smallest absolute Gasteiger partial charge is 0.242 e. The van der Waals surface area contributed by atoms with Gasteiger partial charge in [0.05, 0.1) is 12.6 Å². The Hall–Kier alpha value is -2.05. The van der Waals surface area contributed by atoms with E-state index < -0.39 is 0 Å². The van der Waals surface area contributed by atoms with Gasteiger partial charge < -0.3 is 14.5 Å². The number of hydrogen-bond acceptors (Lipinski definition) is 4. The molecule has 0 spiro atoms. The van der Waals surface area contributed by atoms with Gasteiger partial charge in [-0.3, -0.25) is 9.59 Å². The molecule has 166 valence electrons. The molecule has 1 fully saturated rings. The standard InChI is InChI=1S/C24H29ClN2O3S/c1-3-23(28)26(13-17-4-5-17)14-24(29)27-10-8-22-19(9-11-31-22)21(27)15-30-18-6-7-20(25)16(2)12-18/h6-7,9,11-12,17,21H,3-5,8,10,13-15H2,1-2H3/t21-/m1/s1. The highest BCUT2D eigenvalue weighted by Gasteiger charge is 2.34. The minimum atomic E-state index is -0.155. The Bertz CT molecular complexity index is 956. The van der Waals surface area contributed by atoms with Crippen LogP contribution in [-0.2, 0) is 16.0 Å². The third-order valence-corrected chi connectivity index (χ3v) is 7.53. The van der Waals surface area contributed by atoms with Gasteiger partial charge in [0.25, 0.3) is 0 Å². The number of carbonyl (C=O) groups excluding carboxylic acids is 2. The van der Waals surface area contributed by atoms with Crippen LogP contribution in [0.1, 0.15) is 48.2 Å². The highest BCUT2D eigenvalue weighted by atomic mass is 35.5. The molecule has 1 saturated carbocycles. The van der Waals surface area contributed by atoms with Crippen molar-refractivity contribution in [1.29, 1.82) is 0 Å². The van der Waals surface area contributed by atoms with E-state index in [2.05, 4.69) is 11.4 Å². The third-order valence-electron chi connectivity index (χ3n) is 6.11. The molecular formula is C24H29ClN2O3S. The summed E-state index contributed by atoms with van der Waals surface area (Å²) in [7, 11) is 0. The molecule has 5 nitrogen and oxygen atoms in total. The number of halogens is 1. The van der Waals surface area contributed by atoms with Gasteiger partial charge in [-0.1, -0.05) is 18.5 Å². The summed E-state index contributed by atoms with van der Waals surface area (Å²) in [6, 6.07) is 7.55. The van der Waals surface area contributed by atoms with E-state index in [1.54, 1.807) is 16.2 Å². The summed E-state index contributed by atoms with van der Waals surface area (Å²) in [5.41, 5.74) is 2.12. The van der Waals surface area contributed by atoms with Gasteiger partial charge in [0, 0.05) is 29.4 Å². The Morgan fingerprint density at radius 2 is 2.10 bits per heavy atom. The first kappa shape index (κ1) is 22.2. The maximum absolute atomic E-state index is 13.3. The molecule has 0 N–H and O–H groups in total. The highest BCUT2D eigenvalue weighted by molar-refractivity contribution is 7.10. The van der Waals surface area contributed by atoms with E-state index in [1.807, 2.05) is 36.9 Å². The summed E-state index contributed by atoms with van der Waals surface area (Å²) in [5, 5.41) is 2.79. The van der Waals surface area contributed by atoms with Gasteiger partial charge in [-0.15, -0.1) is 11.3 Å². The number of hydrogen-bond donors (Lipinski definition) is 0. The van der Waals surface area contributed by atoms with Crippen molar-refractivity contribution < 1.29 is 14.3 Å². The summed E-state index contributed by atoms with van der Waals surface area (Å²) < 4.78 is 6.11. The molecule has 31 heavy (non-hydrogen) atoms. The molecule has 2 amide bonds. The van der Waals surface area contributed by atoms with Crippen LogP contribution in [0, 0.1) is 12.8 Å². The first-order valence-corrected chi connectivity index (χ1v) is 12.2. The summed E-state index contributed by atoms with van der Waals surface area (Å²) >= 11 is 7.87. The van der Waals surface area contributed by atoms with Crippen LogP contribution in [0.2, 0.25) is 5.02 Å². The second-order valence-corrected chi connectivity index (χ2v) is 9.85. The average molecular weight is 461 g/mol. The molecule has 0 radical (unpaired) electrons. The van der Waals surface area contributed by atoms with Gasteiger partial charge in [-0.2, -0.15) is 0 Å². The lowest BCUT2D eigenvalue weighted by molar-refractivity contribution is -0.142. The summed E-state index contributed by atoms with van der Waals surface area (Å²) in [6.45, 7) is 5.68. The molecule has 2 aromatic rings. The number of ether oxygens (including phenoxy) is 1. The van der Waals surface area contributed by atoms with Crippen LogP contribution in [0.3, 0.4) is 0 Å². The van der Waals surface area contributed by atoms with Crippen molar-refractivity contribution in [2.45, 2.75) is 45.6 Å². The summed E-state index contributed by atoms with van der Waals surface area (Å²) in [4.78, 5) is 30.7. The fraction of sp³-hybridized carbons (Fsp3) is 0.500. The molecule has 0 bridgehead atoms. The maximum atomic E-state index is 13.3. The van der Waals surface area contributed by atoms with E-state index >= 15 is 0 Å². The second kappa shape index (κ2) is 9.61. The predicted octanol–water partition coefficient (Wildman–Crippen LogP) is 4.86. The molecule has 1 aliphatic carbocycles. The van der Waals surface area contributed by atoms with Gasteiger partial charge in [-0.05, 0) is 72.9 Å². The summed E-state index contributed by atoms with van der Waals surface area (Å²) in [6.07, 6.45) is 3.58. The Morgan fingerprint density at radius 1 is 1.29 bits per heavy atom. The lowest BCUT2D eigenvalue weighted by atomic mass is 10.0. The van der Waals surface area contributed by atoms with E-state index in [0.29, 0.717) is 37.1 Å². The molecule has 1 atom stereocenters. The van der Waals surface area contributed by atoms with Crippen molar-refractivity contribution in [2.75, 3.05) is 26.2 Å². The first-order valence-electron chi connectivity index (χ1n) is 11.0. The molecule has 2 heterocycles. The average Bonchev–Trinajstić information content (AvgIpc) is 3.45. The molecule has 0 saturated heterocycles. The van der Waals surface area contributed by atoms with E-state index in [-0.39, 0.29) is 24.4 Å². The van der Waals surface area contributed by atoms with Crippen LogP contribution in [0.25, 0.3) is 0 Å². The first-order chi connectivity index (χ1) is 15.0. The molecule has 1 aliphatic heterocycles. The van der Waals surface area contributed by atoms with Gasteiger partial charge in [-0.25, -0.2) is 0 Å². The minimum absolute atomic E-state index is 0.000173. The van der Waals surface area contributed by atoms with Gasteiger partial charge >= 0.3 is 0 Å². The number of aryl methyl sites for hydroxylation is 1. The number of fused-ring (bicyclic) bond motifs is 1. The zero-order chi connectivity index (χ0) is 22.0. The maximum Gasteiger partial charge on any atom is 0.242 e. The molecule has 0 unspecified atom stereocenters. The molecule has 1 aromatic carbocycles. The van der Waals surface area contributed by atoms with E-state index in [9.17, 15) is 9.59 Å². The fourth-order valence-electron chi connectivity index (χ4n) is 4.10. The van der Waals surface area contributed by atoms with E-state index in [1.165, 1.54) is 4.88 Å². The van der Waals surface area contributed by atoms with Crippen molar-refractivity contribution in [2.24, 2.45) is 5.92 Å². The molecule has 2 aliphatic rings. The highest BCUT2D eigenvalue weighted by Crippen LogP contribution is 2.35. The number of rotatable bonds is 8. The summed E-state index contributed by atoms with van der Waals surface area (Å²) in [5.74, 6) is 1.35. The number of thiophene rings is 1. The molecular weight excluding hydrogens is 432 g/mol. The Balaban J connectivity index is 1.49. The zero-order valence-electron chi connectivity index (χ0n) is 18.1. The van der Waals surface area contributed by atoms with Crippen molar-refractivity contribution in [1.82, 2.24) is 9.80 Å². The van der Waals surface area contributed by atoms with E-state index in [4.69, 9.17) is 16.3 Å². The molecule has 7 heteroatoms. The lowest BCUT2D eigenvalue weighted by Crippen LogP contribution is -2.48. The second-order valence-electron chi connectivity index (χ2n) is 8.45. The fourth-order valence-corrected chi connectivity index (χ4v) is 5.15. The zero-order valence-corrected chi connectivity index (χ0v) is 19.7. The monoisotopic (exact) mass is 460 g/mol. The van der Waals surface area contributed by atoms with Crippen molar-refractivity contribution in [3.63, 3.8) is 0 Å². The normalized spacial score (nSPS) is 17.9. The predicted molar refractivity (Wildman–Crippen MR) is 124 cm³/mol. The van der Waals surface area contributed by atoms with Gasteiger partial charge in [0.1, 0.15) is 12.4 Å². The van der Waals surface area contributed by atoms with Crippen LogP contribution in [-0.4, -0.2) is 47.9 Å². The molecule has 4 rings (SSSR count). The quantitative estimate of drug-likeness (QED) is 0.565. The van der Waals surface area contributed by atoms with Crippen molar-refractivity contribution in [3.8, 4) is 5.75 Å². The Labute approximate surface area is 192 Å². The molecule has 1 aromatic heterocycles.